The Balaban J connectivity index is 1.04. The molecule has 6 heterocycles. The zero-order valence-corrected chi connectivity index (χ0v) is 65.4. The predicted molar refractivity (Wildman–Crippen MR) is 436 cm³/mol. The van der Waals surface area contributed by atoms with Crippen LogP contribution in [0, 0.1) is 45.3 Å². The molecule has 0 amide bonds. The summed E-state index contributed by atoms with van der Waals surface area (Å²) in [5, 5.41) is 41.9. The standard InChI is InChI=1S/C85H76N4O2S10/c1-5-9-13-17-25-54-33-34-58(93-54)51-92-84(99-73-38-35-55(94-73)26-18-14-10-6-2)78-65-45-68-66(46-67(65)82-71(78)43-59(97-82)41-69-76(52(47-86)48-87)61-29-21-23-31-63(61)80(69)90)79(72-44-60(98-83(68)72)42-70-77(53(49-88)50-89)62-30-22-24-32-64(62)81(70)91)85(100-74-39-36-56(95-74)27-19-15-11-7-3)101-75-40-37-57(96-75)28-20-16-12-8-4/h21-24,29-46H,5-20,25-28,51H2,1-4H3/b69-41-,70-42-,84-78+. The Kier molecular flexibility index (Phi) is 24.4. The van der Waals surface area contributed by atoms with Gasteiger partial charge < -0.3 is 0 Å². The zero-order chi connectivity index (χ0) is 69.9. The van der Waals surface area contributed by atoms with E-state index in [1.165, 1.54) is 125 Å². The lowest BCUT2D eigenvalue weighted by atomic mass is 9.98. The van der Waals surface area contributed by atoms with Crippen LogP contribution in [0.4, 0.5) is 0 Å². The number of nitriles is 4. The largest absolute Gasteiger partial charge is 0.289 e. The van der Waals surface area contributed by atoms with E-state index in [1.54, 1.807) is 34.8 Å². The van der Waals surface area contributed by atoms with E-state index in [1.807, 2.05) is 141 Å². The van der Waals surface area contributed by atoms with Gasteiger partial charge in [-0.3, -0.25) is 9.59 Å². The molecule has 0 unspecified atom stereocenters. The van der Waals surface area contributed by atoms with Gasteiger partial charge >= 0.3 is 0 Å². The summed E-state index contributed by atoms with van der Waals surface area (Å²) in [5.41, 5.74) is 12.3. The van der Waals surface area contributed by atoms with Gasteiger partial charge in [-0.2, -0.15) is 21.0 Å². The van der Waals surface area contributed by atoms with Crippen molar-refractivity contribution in [2.75, 3.05) is 0 Å². The molecule has 4 aliphatic carbocycles. The van der Waals surface area contributed by atoms with Gasteiger partial charge in [-0.25, -0.2) is 0 Å². The number of unbranched alkanes of at least 4 members (excludes halogenated alkanes) is 12. The van der Waals surface area contributed by atoms with Crippen LogP contribution in [0.2, 0.25) is 0 Å². The molecule has 4 aliphatic rings. The Labute approximate surface area is 636 Å². The number of thioether (sulfide) groups is 4. The van der Waals surface area contributed by atoms with Crippen molar-refractivity contribution < 1.29 is 9.59 Å². The van der Waals surface area contributed by atoms with E-state index < -0.39 is 0 Å². The molecule has 0 N–H and O–H groups in total. The molecule has 6 nitrogen and oxygen atoms in total. The fourth-order valence-corrected chi connectivity index (χ4v) is 26.3. The Bertz CT molecular complexity index is 4960. The van der Waals surface area contributed by atoms with Crippen LogP contribution in [-0.2, 0) is 31.4 Å². The Morgan fingerprint density at radius 2 is 0.713 bits per heavy atom. The number of Topliss-reactive ketones (excluding diaryl/α,β-unsaturated/α-hetero) is 2. The number of ketones is 2. The minimum absolute atomic E-state index is 0.0892. The molecule has 0 fully saturated rings. The number of fused-ring (bicyclic) bond motifs is 8. The topological polar surface area (TPSA) is 129 Å². The van der Waals surface area contributed by atoms with Crippen LogP contribution < -0.4 is 0 Å². The van der Waals surface area contributed by atoms with E-state index in [4.69, 9.17) is 0 Å². The highest BCUT2D eigenvalue weighted by Gasteiger charge is 2.39. The number of carbonyl (C=O) groups is 2. The molecule has 3 aromatic carbocycles. The summed E-state index contributed by atoms with van der Waals surface area (Å²) in [4.78, 5) is 40.2. The molecule has 0 saturated heterocycles. The summed E-state index contributed by atoms with van der Waals surface area (Å²) in [6.45, 7) is 9.05. The average molecular weight is 1510 g/mol. The Hall–Kier alpha value is -7.00. The fraction of sp³-hybridized carbons (Fsp3) is 0.294. The lowest BCUT2D eigenvalue weighted by Gasteiger charge is -2.15. The Morgan fingerprint density at radius 3 is 1.11 bits per heavy atom. The number of thiophene rings is 6. The molecule has 9 aromatic rings. The summed E-state index contributed by atoms with van der Waals surface area (Å²) < 4.78 is 6.03. The highest BCUT2D eigenvalue weighted by Crippen LogP contribution is 2.62. The van der Waals surface area contributed by atoms with Gasteiger partial charge in [0.1, 0.15) is 35.4 Å². The van der Waals surface area contributed by atoms with Gasteiger partial charge in [0.25, 0.3) is 0 Å². The van der Waals surface area contributed by atoms with Crippen LogP contribution >= 0.6 is 115 Å². The fourth-order valence-electron chi connectivity index (χ4n) is 13.7. The highest BCUT2D eigenvalue weighted by atomic mass is 32.2. The molecule has 101 heavy (non-hydrogen) atoms. The van der Waals surface area contributed by atoms with Gasteiger partial charge in [0.05, 0.1) is 21.1 Å². The van der Waals surface area contributed by atoms with E-state index in [0.717, 1.165) is 119 Å². The molecule has 0 atom stereocenters. The number of hydrogen-bond donors (Lipinski definition) is 0. The summed E-state index contributed by atoms with van der Waals surface area (Å²) in [5.74, 6) is 0.373. The Morgan fingerprint density at radius 1 is 0.356 bits per heavy atom. The smallest absolute Gasteiger partial charge is 0.194 e. The molecule has 0 saturated carbocycles. The number of aryl methyl sites for hydroxylation is 4. The van der Waals surface area contributed by atoms with Crippen LogP contribution in [-0.4, -0.2) is 11.6 Å². The monoisotopic (exact) mass is 1500 g/mol. The van der Waals surface area contributed by atoms with Crippen LogP contribution in [0.15, 0.2) is 165 Å². The minimum atomic E-state index is -0.206. The average Bonchev–Trinajstić information content (AvgIpc) is 1.55. The maximum atomic E-state index is 14.7. The molecule has 0 bridgehead atoms. The van der Waals surface area contributed by atoms with Gasteiger partial charge in [-0.1, -0.05) is 189 Å². The number of allylic oxidation sites excluding steroid dienone is 6. The maximum Gasteiger partial charge on any atom is 0.194 e. The van der Waals surface area contributed by atoms with Crippen molar-refractivity contribution in [2.24, 2.45) is 0 Å². The normalized spacial score (nSPS) is 14.4. The van der Waals surface area contributed by atoms with Gasteiger partial charge in [-0.15, -0.1) is 79.8 Å². The van der Waals surface area contributed by atoms with Crippen molar-refractivity contribution in [1.29, 1.82) is 21.0 Å². The number of benzene rings is 3. The second-order valence-electron chi connectivity index (χ2n) is 25.7. The minimum Gasteiger partial charge on any atom is -0.289 e. The number of carbonyl (C=O) groups excluding carboxylic acids is 2. The van der Waals surface area contributed by atoms with Crippen molar-refractivity contribution in [3.8, 4) is 45.2 Å². The van der Waals surface area contributed by atoms with Crippen molar-refractivity contribution >= 4 is 161 Å². The van der Waals surface area contributed by atoms with E-state index >= 15 is 0 Å². The quantitative estimate of drug-likeness (QED) is 0.0179. The summed E-state index contributed by atoms with van der Waals surface area (Å²) in [6, 6.07) is 51.1. The second kappa shape index (κ2) is 34.1. The lowest BCUT2D eigenvalue weighted by molar-refractivity contribution is 0.103. The lowest BCUT2D eigenvalue weighted by Crippen LogP contribution is -1.95. The van der Waals surface area contributed by atoms with Crippen molar-refractivity contribution in [3.05, 3.63) is 231 Å². The first kappa shape index (κ1) is 72.4. The molecular weight excluding hydrogens is 1430 g/mol. The molecular formula is C85H76N4O2S10. The van der Waals surface area contributed by atoms with Crippen LogP contribution in [0.1, 0.15) is 219 Å². The summed E-state index contributed by atoms with van der Waals surface area (Å²) in [6.07, 6.45) is 27.3. The molecule has 16 heteroatoms. The zero-order valence-electron chi connectivity index (χ0n) is 57.2. The first-order valence-electron chi connectivity index (χ1n) is 35.3. The van der Waals surface area contributed by atoms with Gasteiger partial charge in [0.2, 0.25) is 0 Å². The van der Waals surface area contributed by atoms with Crippen LogP contribution in [0.25, 0.3) is 55.3 Å². The third-order valence-corrected chi connectivity index (χ3v) is 30.8. The van der Waals surface area contributed by atoms with E-state index in [0.29, 0.717) is 44.5 Å². The number of rotatable bonds is 31. The van der Waals surface area contributed by atoms with E-state index in [-0.39, 0.29) is 22.7 Å². The third kappa shape index (κ3) is 15.9. The SMILES string of the molecule is CCCCCCc1ccc(CS/C(Sc2ccc(CCCCCC)s2)=C2/c3cc4c(cc3-c3sc(/C=C5\C(=O)c6ccccc6C5=C(C#N)C#N)cc32)C(=C(Sc2ccc(CCCCCC)s2)Sc2ccc(CCCCCC)s2)c2cc(/C=C3\C(=O)c5ccccc5C3=C(C#N)C#N)sc2-4)s1. The third-order valence-electron chi connectivity index (χ3n) is 18.7. The summed E-state index contributed by atoms with van der Waals surface area (Å²) in [7, 11) is 0. The highest BCUT2D eigenvalue weighted by molar-refractivity contribution is 8.24. The molecule has 0 aliphatic heterocycles. The number of hydrogen-bond acceptors (Lipinski definition) is 16. The van der Waals surface area contributed by atoms with Crippen molar-refractivity contribution in [1.82, 2.24) is 0 Å². The number of nitrogens with zero attached hydrogens (tertiary/aromatic N) is 4. The van der Waals surface area contributed by atoms with Gasteiger partial charge in [0, 0.05) is 116 Å². The van der Waals surface area contributed by atoms with E-state index in [9.17, 15) is 30.6 Å². The molecule has 13 rings (SSSR count). The molecule has 6 aromatic heterocycles. The second-order valence-corrected chi connectivity index (χ2v) is 38.1. The van der Waals surface area contributed by atoms with Crippen molar-refractivity contribution in [3.63, 3.8) is 0 Å². The first-order chi connectivity index (χ1) is 49.5. The van der Waals surface area contributed by atoms with Gasteiger partial charge in [-0.05, 0) is 159 Å². The van der Waals surface area contributed by atoms with Gasteiger partial charge in [0.15, 0.2) is 11.6 Å². The van der Waals surface area contributed by atoms with Crippen molar-refractivity contribution in [2.45, 2.75) is 174 Å². The van der Waals surface area contributed by atoms with Crippen LogP contribution in [0.3, 0.4) is 0 Å². The molecule has 0 spiro atoms. The maximum absolute atomic E-state index is 14.7. The van der Waals surface area contributed by atoms with Crippen LogP contribution in [0.5, 0.6) is 0 Å². The van der Waals surface area contributed by atoms with E-state index in [2.05, 4.69) is 125 Å². The first-order valence-corrected chi connectivity index (χ1v) is 43.7. The predicted octanol–water partition coefficient (Wildman–Crippen LogP) is 27.4. The molecule has 0 radical (unpaired) electrons. The molecule has 508 valence electrons. The summed E-state index contributed by atoms with van der Waals surface area (Å²) >= 11 is 18.3.